The summed E-state index contributed by atoms with van der Waals surface area (Å²) in [6, 6.07) is 8.88. The number of carbonyl (C=O) groups is 1. The van der Waals surface area contributed by atoms with Crippen LogP contribution in [-0.4, -0.2) is 5.78 Å². The zero-order valence-electron chi connectivity index (χ0n) is 9.59. The fourth-order valence-electron chi connectivity index (χ4n) is 1.55. The maximum atomic E-state index is 11.9. The van der Waals surface area contributed by atoms with Gasteiger partial charge in [-0.15, -0.1) is 0 Å². The van der Waals surface area contributed by atoms with Gasteiger partial charge in [0.05, 0.1) is 11.1 Å². The molecule has 1 saturated carbocycles. The lowest BCUT2D eigenvalue weighted by Crippen LogP contribution is -2.27. The van der Waals surface area contributed by atoms with Crippen molar-refractivity contribution < 1.29 is 4.79 Å². The van der Waals surface area contributed by atoms with Gasteiger partial charge in [0.25, 0.3) is 0 Å². The quantitative estimate of drug-likeness (QED) is 0.452. The first-order chi connectivity index (χ1) is 9.60. The van der Waals surface area contributed by atoms with Crippen LogP contribution in [0.2, 0.25) is 0 Å². The highest BCUT2D eigenvalue weighted by Crippen LogP contribution is 2.41. The van der Waals surface area contributed by atoms with Crippen LogP contribution < -0.4 is 0 Å². The summed E-state index contributed by atoms with van der Waals surface area (Å²) in [5.41, 5.74) is -2.81. The van der Waals surface area contributed by atoms with Gasteiger partial charge in [0.1, 0.15) is 53.1 Å². The molecule has 1 aliphatic rings. The molecule has 0 aliphatic heterocycles. The Bertz CT molecular complexity index is 770. The molecule has 0 N–H and O–H groups in total. The van der Waals surface area contributed by atoms with Crippen molar-refractivity contribution in [3.05, 3.63) is 33.4 Å². The first-order valence-corrected chi connectivity index (χ1v) is 4.80. The molecule has 0 amide bonds. The standard InChI is InChI=1S/C13N6O/c14-1-7(2-15)10-11(8(3-16)4-17)13(20)12(10)9(5-18)6-19. The highest BCUT2D eigenvalue weighted by atomic mass is 16.1. The molecule has 1 rings (SSSR count). The smallest absolute Gasteiger partial charge is 0.198 e. The van der Waals surface area contributed by atoms with E-state index in [2.05, 4.69) is 0 Å². The predicted octanol–water partition coefficient (Wildman–Crippen LogP) is 0.600. The monoisotopic (exact) mass is 256 g/mol. The second kappa shape index (κ2) is 5.44. The van der Waals surface area contributed by atoms with Crippen LogP contribution in [0.3, 0.4) is 0 Å². The molecule has 88 valence electrons. The van der Waals surface area contributed by atoms with Gasteiger partial charge in [-0.25, -0.2) is 0 Å². The van der Waals surface area contributed by atoms with Crippen molar-refractivity contribution in [1.82, 2.24) is 0 Å². The van der Waals surface area contributed by atoms with Gasteiger partial charge in [0.2, 0.25) is 0 Å². The lowest BCUT2D eigenvalue weighted by atomic mass is 9.72. The van der Waals surface area contributed by atoms with Gasteiger partial charge >= 0.3 is 0 Å². The summed E-state index contributed by atoms with van der Waals surface area (Å²) in [6.45, 7) is 0. The summed E-state index contributed by atoms with van der Waals surface area (Å²) in [7, 11) is 0. The molecule has 0 aromatic heterocycles. The Morgan fingerprint density at radius 3 is 1.05 bits per heavy atom. The Hall–Kier alpha value is -4.17. The third-order valence-electron chi connectivity index (χ3n) is 2.37. The van der Waals surface area contributed by atoms with E-state index in [1.54, 1.807) is 0 Å². The number of nitrogens with zero attached hydrogens (tertiary/aromatic N) is 6. The summed E-state index contributed by atoms with van der Waals surface area (Å²) in [5.74, 6) is -0.876. The fourth-order valence-corrected chi connectivity index (χ4v) is 1.55. The van der Waals surface area contributed by atoms with Gasteiger partial charge in [0, 0.05) is 5.57 Å². The molecule has 7 nitrogen and oxygen atoms in total. The Kier molecular flexibility index (Phi) is 3.78. The maximum Gasteiger partial charge on any atom is 0.198 e. The van der Waals surface area contributed by atoms with E-state index in [1.807, 2.05) is 0 Å². The van der Waals surface area contributed by atoms with Crippen molar-refractivity contribution >= 4 is 5.78 Å². The van der Waals surface area contributed by atoms with Crippen LogP contribution in [0, 0.1) is 68.0 Å². The van der Waals surface area contributed by atoms with Gasteiger partial charge in [-0.2, -0.15) is 31.6 Å². The molecule has 0 spiro atoms. The van der Waals surface area contributed by atoms with Crippen molar-refractivity contribution in [3.63, 3.8) is 0 Å². The minimum absolute atomic E-state index is 0.295. The van der Waals surface area contributed by atoms with E-state index in [4.69, 9.17) is 31.6 Å². The highest BCUT2D eigenvalue weighted by Gasteiger charge is 2.42. The predicted molar refractivity (Wildman–Crippen MR) is 59.8 cm³/mol. The second-order valence-corrected chi connectivity index (χ2v) is 3.25. The topological polar surface area (TPSA) is 160 Å². The molecular weight excluding hydrogens is 256 g/mol. The normalized spacial score (nSPS) is 11.5. The molecular formula is C13N6O. The molecule has 1 aliphatic carbocycles. The van der Waals surface area contributed by atoms with Crippen molar-refractivity contribution in [2.45, 2.75) is 0 Å². The largest absolute Gasteiger partial charge is 0.288 e. The van der Waals surface area contributed by atoms with Crippen LogP contribution in [0.15, 0.2) is 33.4 Å². The zero-order chi connectivity index (χ0) is 15.3. The number of hydrogen-bond acceptors (Lipinski definition) is 7. The number of nitriles is 6. The summed E-state index contributed by atoms with van der Waals surface area (Å²) < 4.78 is 0. The minimum atomic E-state index is -0.876. The number of carbonyl (C=O) groups excluding carboxylic acids is 1. The summed E-state index contributed by atoms with van der Waals surface area (Å²) in [4.78, 5) is 11.9. The van der Waals surface area contributed by atoms with Gasteiger partial charge < -0.3 is 0 Å². The lowest BCUT2D eigenvalue weighted by Gasteiger charge is -2.24. The minimum Gasteiger partial charge on any atom is -0.288 e. The Labute approximate surface area is 113 Å². The Morgan fingerprint density at radius 1 is 0.550 bits per heavy atom. The van der Waals surface area contributed by atoms with Crippen molar-refractivity contribution in [2.75, 3.05) is 0 Å². The molecule has 0 unspecified atom stereocenters. The van der Waals surface area contributed by atoms with Crippen molar-refractivity contribution in [3.8, 4) is 36.4 Å². The van der Waals surface area contributed by atoms with E-state index in [0.29, 0.717) is 0 Å². The number of rotatable bonds is 0. The first-order valence-electron chi connectivity index (χ1n) is 4.80. The zero-order valence-corrected chi connectivity index (χ0v) is 9.59. The number of Topliss-reactive ketones (excluding diaryl/α,β-unsaturated/α-hetero) is 1. The highest BCUT2D eigenvalue weighted by molar-refractivity contribution is 6.27. The van der Waals surface area contributed by atoms with E-state index >= 15 is 0 Å². The molecule has 0 aromatic rings. The van der Waals surface area contributed by atoms with Crippen LogP contribution >= 0.6 is 0 Å². The fraction of sp³-hybridized carbons (Fsp3) is 0. The number of allylic oxidation sites excluding steroid dienone is 6. The van der Waals surface area contributed by atoms with Gasteiger partial charge in [-0.3, -0.25) is 4.79 Å². The molecule has 0 aromatic carbocycles. The third-order valence-corrected chi connectivity index (χ3v) is 2.37. The van der Waals surface area contributed by atoms with Crippen LogP contribution in [0.5, 0.6) is 0 Å². The van der Waals surface area contributed by atoms with Crippen molar-refractivity contribution in [2.24, 2.45) is 0 Å². The molecule has 7 heteroatoms. The van der Waals surface area contributed by atoms with Crippen LogP contribution in [-0.2, 0) is 4.79 Å². The number of ketones is 1. The van der Waals surface area contributed by atoms with E-state index in [-0.39, 0.29) is 5.57 Å². The SMILES string of the molecule is N#CC(C#N)=C1C(=O)C(=C(C#N)C#N)C1=C(C#N)C#N. The van der Waals surface area contributed by atoms with Crippen LogP contribution in [0.4, 0.5) is 0 Å². The van der Waals surface area contributed by atoms with Crippen LogP contribution in [0.1, 0.15) is 0 Å². The summed E-state index contributed by atoms with van der Waals surface area (Å²) >= 11 is 0. The summed E-state index contributed by atoms with van der Waals surface area (Å²) in [6.07, 6.45) is 0. The number of hydrogen-bond donors (Lipinski definition) is 0. The molecule has 1 fully saturated rings. The maximum absolute atomic E-state index is 11.9. The van der Waals surface area contributed by atoms with Crippen LogP contribution in [0.25, 0.3) is 0 Å². The Balaban J connectivity index is 3.91. The molecule has 0 saturated heterocycles. The second-order valence-electron chi connectivity index (χ2n) is 3.25. The van der Waals surface area contributed by atoms with Crippen molar-refractivity contribution in [1.29, 1.82) is 31.6 Å². The van der Waals surface area contributed by atoms with E-state index in [9.17, 15) is 4.79 Å². The molecule has 0 heterocycles. The average Bonchev–Trinajstić information content (AvgIpc) is 2.49. The lowest BCUT2D eigenvalue weighted by molar-refractivity contribution is -0.113. The molecule has 20 heavy (non-hydrogen) atoms. The Morgan fingerprint density at radius 2 is 0.800 bits per heavy atom. The van der Waals surface area contributed by atoms with E-state index < -0.39 is 33.6 Å². The molecule has 0 atom stereocenters. The third kappa shape index (κ3) is 1.77. The van der Waals surface area contributed by atoms with Gasteiger partial charge in [-0.05, 0) is 0 Å². The summed E-state index contributed by atoms with van der Waals surface area (Å²) in [5, 5.41) is 52.6. The van der Waals surface area contributed by atoms with Gasteiger partial charge in [-0.1, -0.05) is 0 Å². The molecule has 0 radical (unpaired) electrons. The molecule has 0 bridgehead atoms. The van der Waals surface area contributed by atoms with Gasteiger partial charge in [0.15, 0.2) is 5.78 Å². The van der Waals surface area contributed by atoms with E-state index in [1.165, 1.54) is 36.4 Å². The first kappa shape index (κ1) is 13.9. The average molecular weight is 256 g/mol. The van der Waals surface area contributed by atoms with E-state index in [0.717, 1.165) is 0 Å².